The molecular formula is C31H26ClFN4O3S. The Hall–Kier alpha value is -4.47. The zero-order valence-electron chi connectivity index (χ0n) is 21.9. The molecule has 0 aliphatic carbocycles. The number of amides is 3. The van der Waals surface area contributed by atoms with Gasteiger partial charge in [-0.3, -0.25) is 14.4 Å². The van der Waals surface area contributed by atoms with Gasteiger partial charge in [0, 0.05) is 27.9 Å². The second-order valence-corrected chi connectivity index (χ2v) is 10.4. The molecular weight excluding hydrogens is 563 g/mol. The second-order valence-electron chi connectivity index (χ2n) is 8.71. The first-order valence-corrected chi connectivity index (χ1v) is 13.9. The molecule has 4 rings (SSSR count). The number of aromatic nitrogens is 1. The topological polar surface area (TPSA) is 100 Å². The van der Waals surface area contributed by atoms with Crippen molar-refractivity contribution in [2.45, 2.75) is 23.5 Å². The summed E-state index contributed by atoms with van der Waals surface area (Å²) >= 11 is 7.52. The number of nitrogens with zero attached hydrogens (tertiary/aromatic N) is 1. The van der Waals surface area contributed by atoms with Crippen LogP contribution in [0.3, 0.4) is 0 Å². The number of nitrogens with one attached hydrogen (secondary N) is 3. The molecule has 3 amide bonds. The Morgan fingerprint density at radius 1 is 0.951 bits per heavy atom. The average molecular weight is 589 g/mol. The molecule has 0 saturated heterocycles. The van der Waals surface area contributed by atoms with Crippen LogP contribution in [0.15, 0.2) is 108 Å². The summed E-state index contributed by atoms with van der Waals surface area (Å²) < 4.78 is 14.6. The third-order valence-electron chi connectivity index (χ3n) is 5.77. The summed E-state index contributed by atoms with van der Waals surface area (Å²) in [4.78, 5) is 43.9. The lowest BCUT2D eigenvalue weighted by Crippen LogP contribution is -2.30. The van der Waals surface area contributed by atoms with Crippen molar-refractivity contribution in [1.82, 2.24) is 10.3 Å². The van der Waals surface area contributed by atoms with Gasteiger partial charge in [-0.2, -0.15) is 0 Å². The van der Waals surface area contributed by atoms with Crippen LogP contribution in [0.25, 0.3) is 6.08 Å². The Morgan fingerprint density at radius 2 is 1.71 bits per heavy atom. The van der Waals surface area contributed by atoms with Crippen LogP contribution in [0.1, 0.15) is 29.3 Å². The highest BCUT2D eigenvalue weighted by atomic mass is 35.5. The monoisotopic (exact) mass is 588 g/mol. The highest BCUT2D eigenvalue weighted by Crippen LogP contribution is 2.29. The van der Waals surface area contributed by atoms with Crippen LogP contribution in [0.5, 0.6) is 0 Å². The minimum atomic E-state index is -0.685. The number of hydrogen-bond donors (Lipinski definition) is 3. The lowest BCUT2D eigenvalue weighted by molar-refractivity contribution is -0.116. The SMILES string of the molecule is CCC(Sc1cccc(NC(=O)/C(=C\c2c(F)cccc2Cl)NC(=O)c2ccccc2)c1)C(=O)Nc1ccccn1. The van der Waals surface area contributed by atoms with Gasteiger partial charge >= 0.3 is 0 Å². The molecule has 7 nitrogen and oxygen atoms in total. The van der Waals surface area contributed by atoms with Gasteiger partial charge in [0.1, 0.15) is 17.3 Å². The Morgan fingerprint density at radius 3 is 2.41 bits per heavy atom. The van der Waals surface area contributed by atoms with Crippen LogP contribution < -0.4 is 16.0 Å². The number of anilines is 2. The molecule has 0 saturated carbocycles. The standard InChI is InChI=1S/C31H26ClFN4O3S/c1-2-27(31(40)37-28-16-6-7-17-34-28)41-22-13-8-12-21(18-22)35-30(39)26(19-23-24(32)14-9-15-25(23)33)36-29(38)20-10-4-3-5-11-20/h3-19,27H,2H2,1H3,(H,35,39)(H,36,38)(H,34,37,40)/b26-19+. The van der Waals surface area contributed by atoms with Gasteiger partial charge in [-0.25, -0.2) is 9.37 Å². The van der Waals surface area contributed by atoms with Gasteiger partial charge in [0.05, 0.1) is 10.3 Å². The molecule has 1 atom stereocenters. The summed E-state index contributed by atoms with van der Waals surface area (Å²) in [7, 11) is 0. The van der Waals surface area contributed by atoms with Gasteiger partial charge in [-0.05, 0) is 67.1 Å². The Kier molecular flexibility index (Phi) is 10.3. The molecule has 0 radical (unpaired) electrons. The molecule has 0 aliphatic heterocycles. The minimum absolute atomic E-state index is 0.0401. The van der Waals surface area contributed by atoms with Crippen molar-refractivity contribution >= 4 is 58.7 Å². The third-order valence-corrected chi connectivity index (χ3v) is 7.45. The van der Waals surface area contributed by atoms with Crippen molar-refractivity contribution in [2.75, 3.05) is 10.6 Å². The third kappa shape index (κ3) is 8.26. The van der Waals surface area contributed by atoms with E-state index in [1.165, 1.54) is 36.0 Å². The molecule has 41 heavy (non-hydrogen) atoms. The second kappa shape index (κ2) is 14.2. The number of rotatable bonds is 10. The van der Waals surface area contributed by atoms with Crippen LogP contribution in [-0.4, -0.2) is 28.0 Å². The summed E-state index contributed by atoms with van der Waals surface area (Å²) in [5, 5.41) is 7.80. The Labute approximate surface area is 246 Å². The van der Waals surface area contributed by atoms with Gasteiger partial charge in [0.2, 0.25) is 5.91 Å². The normalized spacial score (nSPS) is 11.8. The smallest absolute Gasteiger partial charge is 0.272 e. The van der Waals surface area contributed by atoms with Gasteiger partial charge in [0.15, 0.2) is 0 Å². The van der Waals surface area contributed by atoms with Crippen molar-refractivity contribution < 1.29 is 18.8 Å². The number of halogens is 2. The predicted octanol–water partition coefficient (Wildman–Crippen LogP) is 6.79. The predicted molar refractivity (Wildman–Crippen MR) is 161 cm³/mol. The van der Waals surface area contributed by atoms with Gasteiger partial charge in [-0.15, -0.1) is 11.8 Å². The van der Waals surface area contributed by atoms with Crippen molar-refractivity contribution in [1.29, 1.82) is 0 Å². The lowest BCUT2D eigenvalue weighted by Gasteiger charge is -2.16. The van der Waals surface area contributed by atoms with Crippen molar-refractivity contribution in [2.24, 2.45) is 0 Å². The van der Waals surface area contributed by atoms with E-state index < -0.39 is 22.9 Å². The molecule has 208 valence electrons. The van der Waals surface area contributed by atoms with Crippen LogP contribution >= 0.6 is 23.4 Å². The van der Waals surface area contributed by atoms with Crippen molar-refractivity contribution in [3.05, 3.63) is 125 Å². The number of benzene rings is 3. The molecule has 1 heterocycles. The Bertz CT molecular complexity index is 1550. The minimum Gasteiger partial charge on any atom is -0.321 e. The van der Waals surface area contributed by atoms with Crippen LogP contribution in [-0.2, 0) is 9.59 Å². The van der Waals surface area contributed by atoms with Gasteiger partial charge < -0.3 is 16.0 Å². The summed E-state index contributed by atoms with van der Waals surface area (Å²) in [6.45, 7) is 1.90. The maximum absolute atomic E-state index is 14.6. The Balaban J connectivity index is 1.53. The molecule has 1 unspecified atom stereocenters. The molecule has 3 N–H and O–H groups in total. The number of carbonyl (C=O) groups excluding carboxylic acids is 3. The van der Waals surface area contributed by atoms with Gasteiger partial charge in [-0.1, -0.05) is 54.9 Å². The summed E-state index contributed by atoms with van der Waals surface area (Å²) in [5.41, 5.74) is 0.491. The summed E-state index contributed by atoms with van der Waals surface area (Å²) in [5.74, 6) is -1.61. The van der Waals surface area contributed by atoms with Crippen LogP contribution in [0.4, 0.5) is 15.9 Å². The zero-order valence-corrected chi connectivity index (χ0v) is 23.5. The molecule has 1 aromatic heterocycles. The first kappa shape index (κ1) is 29.5. The molecule has 10 heteroatoms. The maximum atomic E-state index is 14.6. The highest BCUT2D eigenvalue weighted by molar-refractivity contribution is 8.00. The maximum Gasteiger partial charge on any atom is 0.272 e. The molecule has 0 spiro atoms. The fraction of sp³-hybridized carbons (Fsp3) is 0.0968. The number of pyridine rings is 1. The number of carbonyl (C=O) groups is 3. The fourth-order valence-corrected chi connectivity index (χ4v) is 4.94. The molecule has 4 aromatic rings. The lowest BCUT2D eigenvalue weighted by atomic mass is 10.1. The van der Waals surface area contributed by atoms with E-state index in [1.54, 1.807) is 72.9 Å². The van der Waals surface area contributed by atoms with E-state index in [-0.39, 0.29) is 22.2 Å². The molecule has 0 bridgehead atoms. The largest absolute Gasteiger partial charge is 0.321 e. The molecule has 0 fully saturated rings. The summed E-state index contributed by atoms with van der Waals surface area (Å²) in [6.07, 6.45) is 3.35. The molecule has 3 aromatic carbocycles. The quantitative estimate of drug-likeness (QED) is 0.140. The number of hydrogen-bond acceptors (Lipinski definition) is 5. The average Bonchev–Trinajstić information content (AvgIpc) is 2.98. The number of thioether (sulfide) groups is 1. The van der Waals surface area contributed by atoms with Crippen molar-refractivity contribution in [3.8, 4) is 0 Å². The van der Waals surface area contributed by atoms with Crippen LogP contribution in [0.2, 0.25) is 5.02 Å². The molecule has 0 aliphatic rings. The zero-order chi connectivity index (χ0) is 29.2. The van der Waals surface area contributed by atoms with Gasteiger partial charge in [0.25, 0.3) is 11.8 Å². The summed E-state index contributed by atoms with van der Waals surface area (Å²) in [6, 6.07) is 24.7. The first-order valence-electron chi connectivity index (χ1n) is 12.7. The first-order chi connectivity index (χ1) is 19.8. The van der Waals surface area contributed by atoms with Crippen molar-refractivity contribution in [3.63, 3.8) is 0 Å². The van der Waals surface area contributed by atoms with E-state index >= 15 is 0 Å². The van der Waals surface area contributed by atoms with E-state index in [1.807, 2.05) is 13.0 Å². The van der Waals surface area contributed by atoms with Crippen LogP contribution in [0, 0.1) is 5.82 Å². The fourth-order valence-electron chi connectivity index (χ4n) is 3.71. The highest BCUT2D eigenvalue weighted by Gasteiger charge is 2.20. The van der Waals surface area contributed by atoms with E-state index in [0.717, 1.165) is 4.90 Å². The van der Waals surface area contributed by atoms with E-state index in [9.17, 15) is 18.8 Å². The van der Waals surface area contributed by atoms with E-state index in [2.05, 4.69) is 20.9 Å². The van der Waals surface area contributed by atoms with E-state index in [4.69, 9.17) is 11.6 Å². The van der Waals surface area contributed by atoms with E-state index in [0.29, 0.717) is 23.5 Å².